The van der Waals surface area contributed by atoms with Crippen molar-refractivity contribution in [1.29, 1.82) is 0 Å². The Morgan fingerprint density at radius 2 is 2.14 bits per heavy atom. The van der Waals surface area contributed by atoms with Gasteiger partial charge in [-0.25, -0.2) is 18.1 Å². The summed E-state index contributed by atoms with van der Waals surface area (Å²) in [5.41, 5.74) is 5.98. The number of aromatic nitrogens is 2. The largest absolute Gasteiger partial charge is 0.399 e. The summed E-state index contributed by atoms with van der Waals surface area (Å²) in [6.07, 6.45) is 6.90. The van der Waals surface area contributed by atoms with E-state index in [2.05, 4.69) is 9.71 Å². The van der Waals surface area contributed by atoms with Crippen LogP contribution in [-0.2, 0) is 16.6 Å². The van der Waals surface area contributed by atoms with E-state index in [0.29, 0.717) is 12.2 Å². The Kier molecular flexibility index (Phi) is 5.22. The minimum Gasteiger partial charge on any atom is -0.399 e. The quantitative estimate of drug-likeness (QED) is 0.600. The molecule has 0 amide bonds. The van der Waals surface area contributed by atoms with E-state index in [1.807, 2.05) is 10.8 Å². The van der Waals surface area contributed by atoms with Crippen LogP contribution in [0.1, 0.15) is 12.8 Å². The van der Waals surface area contributed by atoms with E-state index in [0.717, 1.165) is 19.4 Å². The number of hydrogen-bond acceptors (Lipinski definition) is 4. The molecule has 0 spiro atoms. The number of imidazole rings is 1. The number of rotatable bonds is 7. The molecular formula is C13H17ClN4O2S. The first-order valence-electron chi connectivity index (χ1n) is 6.49. The monoisotopic (exact) mass is 328 g/mol. The lowest BCUT2D eigenvalue weighted by molar-refractivity contribution is 0.566. The smallest absolute Gasteiger partial charge is 0.242 e. The Morgan fingerprint density at radius 3 is 2.81 bits per heavy atom. The van der Waals surface area contributed by atoms with Crippen LogP contribution in [0.25, 0.3) is 0 Å². The minimum absolute atomic E-state index is 0.0491. The predicted octanol–water partition coefficient (Wildman–Crippen LogP) is 1.88. The normalized spacial score (nSPS) is 11.7. The summed E-state index contributed by atoms with van der Waals surface area (Å²) in [5, 5.41) is 0.126. The average Bonchev–Trinajstić information content (AvgIpc) is 2.91. The van der Waals surface area contributed by atoms with E-state index in [1.165, 1.54) is 18.2 Å². The maximum absolute atomic E-state index is 12.1. The van der Waals surface area contributed by atoms with Crippen LogP contribution in [0.3, 0.4) is 0 Å². The molecule has 0 saturated heterocycles. The summed E-state index contributed by atoms with van der Waals surface area (Å²) >= 11 is 5.91. The van der Waals surface area contributed by atoms with E-state index in [-0.39, 0.29) is 9.92 Å². The average molecular weight is 329 g/mol. The summed E-state index contributed by atoms with van der Waals surface area (Å²) in [6, 6.07) is 4.35. The molecular weight excluding hydrogens is 312 g/mol. The van der Waals surface area contributed by atoms with Gasteiger partial charge in [-0.05, 0) is 31.0 Å². The van der Waals surface area contributed by atoms with Crippen LogP contribution in [0.4, 0.5) is 5.69 Å². The third-order valence-electron chi connectivity index (χ3n) is 2.94. The number of sulfonamides is 1. The van der Waals surface area contributed by atoms with Crippen molar-refractivity contribution in [3.05, 3.63) is 41.9 Å². The number of nitrogens with two attached hydrogens (primary N) is 1. The summed E-state index contributed by atoms with van der Waals surface area (Å²) in [5.74, 6) is 0. The van der Waals surface area contributed by atoms with Crippen molar-refractivity contribution >= 4 is 27.3 Å². The first-order valence-corrected chi connectivity index (χ1v) is 8.35. The zero-order valence-electron chi connectivity index (χ0n) is 11.4. The topological polar surface area (TPSA) is 90.0 Å². The van der Waals surface area contributed by atoms with Gasteiger partial charge in [0.15, 0.2) is 0 Å². The van der Waals surface area contributed by atoms with Gasteiger partial charge in [0.2, 0.25) is 10.0 Å². The predicted molar refractivity (Wildman–Crippen MR) is 82.5 cm³/mol. The van der Waals surface area contributed by atoms with E-state index in [1.54, 1.807) is 12.5 Å². The van der Waals surface area contributed by atoms with E-state index < -0.39 is 10.0 Å². The van der Waals surface area contributed by atoms with Crippen molar-refractivity contribution in [1.82, 2.24) is 14.3 Å². The highest BCUT2D eigenvalue weighted by Crippen LogP contribution is 2.23. The number of halogens is 1. The van der Waals surface area contributed by atoms with E-state index >= 15 is 0 Å². The summed E-state index contributed by atoms with van der Waals surface area (Å²) < 4.78 is 28.7. The van der Waals surface area contributed by atoms with Gasteiger partial charge in [-0.3, -0.25) is 0 Å². The molecule has 0 aliphatic heterocycles. The molecule has 0 atom stereocenters. The van der Waals surface area contributed by atoms with Crippen molar-refractivity contribution < 1.29 is 8.42 Å². The highest BCUT2D eigenvalue weighted by molar-refractivity contribution is 7.89. The van der Waals surface area contributed by atoms with Crippen LogP contribution in [-0.4, -0.2) is 24.5 Å². The standard InChI is InChI=1S/C13H17ClN4O2S/c14-12-9-11(15)3-4-13(12)21(19,20)17-5-1-2-7-18-8-6-16-10-18/h3-4,6,8-10,17H,1-2,5,7,15H2. The van der Waals surface area contributed by atoms with E-state index in [9.17, 15) is 8.42 Å². The molecule has 0 unspecified atom stereocenters. The molecule has 1 aromatic carbocycles. The molecule has 0 aliphatic rings. The zero-order valence-corrected chi connectivity index (χ0v) is 12.9. The zero-order chi connectivity index (χ0) is 15.3. The van der Waals surface area contributed by atoms with Gasteiger partial charge in [-0.2, -0.15) is 0 Å². The van der Waals surface area contributed by atoms with Gasteiger partial charge < -0.3 is 10.3 Å². The molecule has 8 heteroatoms. The van der Waals surface area contributed by atoms with Gasteiger partial charge in [0, 0.05) is 31.2 Å². The first-order chi connectivity index (χ1) is 9.99. The second kappa shape index (κ2) is 6.93. The Labute approximate surface area is 129 Å². The third-order valence-corrected chi connectivity index (χ3v) is 4.88. The van der Waals surface area contributed by atoms with Gasteiger partial charge in [0.1, 0.15) is 4.90 Å². The number of nitrogens with one attached hydrogen (secondary N) is 1. The van der Waals surface area contributed by atoms with Crippen LogP contribution >= 0.6 is 11.6 Å². The fourth-order valence-electron chi connectivity index (χ4n) is 1.86. The fraction of sp³-hybridized carbons (Fsp3) is 0.308. The Morgan fingerprint density at radius 1 is 1.33 bits per heavy atom. The van der Waals surface area contributed by atoms with Crippen molar-refractivity contribution in [3.8, 4) is 0 Å². The molecule has 21 heavy (non-hydrogen) atoms. The Hall–Kier alpha value is -1.57. The maximum Gasteiger partial charge on any atom is 0.242 e. The highest BCUT2D eigenvalue weighted by atomic mass is 35.5. The molecule has 0 bridgehead atoms. The van der Waals surface area contributed by atoms with Gasteiger partial charge in [0.25, 0.3) is 0 Å². The van der Waals surface area contributed by atoms with E-state index in [4.69, 9.17) is 17.3 Å². The fourth-order valence-corrected chi connectivity index (χ4v) is 3.48. The molecule has 1 aromatic heterocycles. The molecule has 0 saturated carbocycles. The molecule has 0 aliphatic carbocycles. The molecule has 6 nitrogen and oxygen atoms in total. The number of nitrogens with zero attached hydrogens (tertiary/aromatic N) is 2. The van der Waals surface area contributed by atoms with Gasteiger partial charge >= 0.3 is 0 Å². The summed E-state index contributed by atoms with van der Waals surface area (Å²) in [7, 11) is -3.60. The second-order valence-corrected chi connectivity index (χ2v) is 6.74. The molecule has 114 valence electrons. The van der Waals surface area contributed by atoms with Gasteiger partial charge in [-0.15, -0.1) is 0 Å². The van der Waals surface area contributed by atoms with Crippen LogP contribution in [0.5, 0.6) is 0 Å². The van der Waals surface area contributed by atoms with Crippen LogP contribution in [0, 0.1) is 0 Å². The minimum atomic E-state index is -3.60. The molecule has 2 rings (SSSR count). The maximum atomic E-state index is 12.1. The third kappa shape index (κ3) is 4.45. The van der Waals surface area contributed by atoms with Crippen molar-refractivity contribution in [2.45, 2.75) is 24.3 Å². The molecule has 3 N–H and O–H groups in total. The Bertz CT molecular complexity index is 686. The lowest BCUT2D eigenvalue weighted by Crippen LogP contribution is -2.25. The number of anilines is 1. The SMILES string of the molecule is Nc1ccc(S(=O)(=O)NCCCCn2ccnc2)c(Cl)c1. The highest BCUT2D eigenvalue weighted by Gasteiger charge is 2.17. The van der Waals surface area contributed by atoms with Crippen LogP contribution in [0.2, 0.25) is 5.02 Å². The number of hydrogen-bond donors (Lipinski definition) is 2. The molecule has 0 fully saturated rings. The number of nitrogen functional groups attached to an aromatic ring is 1. The number of benzene rings is 1. The summed E-state index contributed by atoms with van der Waals surface area (Å²) in [4.78, 5) is 3.99. The molecule has 2 aromatic rings. The van der Waals surface area contributed by atoms with Gasteiger partial charge in [-0.1, -0.05) is 11.6 Å². The second-order valence-electron chi connectivity index (χ2n) is 4.60. The molecule has 0 radical (unpaired) electrons. The Balaban J connectivity index is 1.84. The lowest BCUT2D eigenvalue weighted by atomic mass is 10.3. The van der Waals surface area contributed by atoms with Crippen LogP contribution in [0.15, 0.2) is 41.8 Å². The number of aryl methyl sites for hydroxylation is 1. The first kappa shape index (κ1) is 15.8. The van der Waals surface area contributed by atoms with Crippen molar-refractivity contribution in [3.63, 3.8) is 0 Å². The van der Waals surface area contributed by atoms with Crippen molar-refractivity contribution in [2.24, 2.45) is 0 Å². The van der Waals surface area contributed by atoms with Crippen molar-refractivity contribution in [2.75, 3.05) is 12.3 Å². The summed E-state index contributed by atoms with van der Waals surface area (Å²) in [6.45, 7) is 1.17. The van der Waals surface area contributed by atoms with Crippen LogP contribution < -0.4 is 10.5 Å². The van der Waals surface area contributed by atoms with Gasteiger partial charge in [0.05, 0.1) is 11.3 Å². The lowest BCUT2D eigenvalue weighted by Gasteiger charge is -2.09. The molecule has 1 heterocycles. The number of unbranched alkanes of at least 4 members (excludes halogenated alkanes) is 1.